The first kappa shape index (κ1) is 13.7. The third-order valence-corrected chi connectivity index (χ3v) is 4.10. The monoisotopic (exact) mass is 320 g/mol. The summed E-state index contributed by atoms with van der Waals surface area (Å²) in [7, 11) is 1.55. The quantitative estimate of drug-likeness (QED) is 0.758. The molecule has 0 aromatic heterocycles. The van der Waals surface area contributed by atoms with Crippen LogP contribution in [0.5, 0.6) is 0 Å². The zero-order chi connectivity index (χ0) is 13.3. The minimum absolute atomic E-state index is 0.0396. The van der Waals surface area contributed by atoms with Gasteiger partial charge in [-0.2, -0.15) is 0 Å². The minimum Gasteiger partial charge on any atom is -0.207 e. The van der Waals surface area contributed by atoms with Gasteiger partial charge in [-0.1, -0.05) is 35.3 Å². The van der Waals surface area contributed by atoms with Gasteiger partial charge in [0, 0.05) is 20.7 Å². The molecule has 18 heavy (non-hydrogen) atoms. The molecule has 0 aliphatic carbocycles. The molecular weight excluding hydrogens is 315 g/mol. The van der Waals surface area contributed by atoms with Crippen LogP contribution in [0.4, 0.5) is 0 Å². The summed E-state index contributed by atoms with van der Waals surface area (Å²) < 4.78 is 22.5. The van der Waals surface area contributed by atoms with Crippen LogP contribution in [0, 0.1) is 0 Å². The number of hydrogen-bond acceptors (Lipinski definition) is 2. The molecule has 0 N–H and O–H groups in total. The number of halogens is 3. The zero-order valence-corrected chi connectivity index (χ0v) is 12.0. The molecule has 0 unspecified atom stereocenters. The predicted molar refractivity (Wildman–Crippen MR) is 74.9 cm³/mol. The molecule has 0 radical (unpaired) electrons. The van der Waals surface area contributed by atoms with E-state index < -0.39 is 9.05 Å². The van der Waals surface area contributed by atoms with Gasteiger partial charge < -0.3 is 0 Å². The molecular formula is C12H7Cl3O2S. The predicted octanol–water partition coefficient (Wildman–Crippen LogP) is 4.59. The summed E-state index contributed by atoms with van der Waals surface area (Å²) in [6.07, 6.45) is 0. The molecule has 0 atom stereocenters. The Morgan fingerprint density at radius 1 is 0.833 bits per heavy atom. The van der Waals surface area contributed by atoms with Gasteiger partial charge in [0.1, 0.15) is 0 Å². The standard InChI is InChI=1S/C12H7Cl3O2S/c13-10-4-9(5-11(14)7-10)8-2-1-3-12(6-8)18(15,16)17/h1-7H. The molecule has 0 spiro atoms. The Morgan fingerprint density at radius 2 is 1.44 bits per heavy atom. The van der Waals surface area contributed by atoms with Gasteiger partial charge >= 0.3 is 0 Å². The van der Waals surface area contributed by atoms with E-state index in [1.54, 1.807) is 30.3 Å². The first-order valence-corrected chi connectivity index (χ1v) is 7.94. The molecule has 0 aliphatic heterocycles. The second kappa shape index (κ2) is 5.10. The molecule has 2 aromatic rings. The van der Waals surface area contributed by atoms with Gasteiger partial charge in [-0.25, -0.2) is 8.42 Å². The molecule has 2 rings (SSSR count). The van der Waals surface area contributed by atoms with Crippen LogP contribution in [-0.4, -0.2) is 8.42 Å². The van der Waals surface area contributed by atoms with Gasteiger partial charge in [0.15, 0.2) is 0 Å². The molecule has 2 aromatic carbocycles. The maximum atomic E-state index is 11.3. The maximum absolute atomic E-state index is 11.3. The summed E-state index contributed by atoms with van der Waals surface area (Å²) in [5.74, 6) is 0. The van der Waals surface area contributed by atoms with Crippen LogP contribution in [-0.2, 0) is 9.05 Å². The van der Waals surface area contributed by atoms with E-state index in [0.29, 0.717) is 15.6 Å². The minimum atomic E-state index is -3.75. The molecule has 0 amide bonds. The van der Waals surface area contributed by atoms with Crippen LogP contribution >= 0.6 is 33.9 Å². The average Bonchev–Trinajstić information content (AvgIpc) is 2.27. The maximum Gasteiger partial charge on any atom is 0.261 e. The fraction of sp³-hybridized carbons (Fsp3) is 0. The molecule has 0 bridgehead atoms. The number of rotatable bonds is 2. The summed E-state index contributed by atoms with van der Waals surface area (Å²) in [4.78, 5) is 0.0396. The van der Waals surface area contributed by atoms with E-state index in [-0.39, 0.29) is 4.90 Å². The van der Waals surface area contributed by atoms with Crippen molar-refractivity contribution < 1.29 is 8.42 Å². The lowest BCUT2D eigenvalue weighted by Gasteiger charge is -2.05. The van der Waals surface area contributed by atoms with Gasteiger partial charge in [-0.05, 0) is 41.5 Å². The van der Waals surface area contributed by atoms with Crippen LogP contribution in [0.1, 0.15) is 0 Å². The SMILES string of the molecule is O=S(=O)(Cl)c1cccc(-c2cc(Cl)cc(Cl)c2)c1. The van der Waals surface area contributed by atoms with Crippen LogP contribution in [0.3, 0.4) is 0 Å². The summed E-state index contributed by atoms with van der Waals surface area (Å²) >= 11 is 11.8. The zero-order valence-electron chi connectivity index (χ0n) is 8.90. The Labute approximate surface area is 120 Å². The molecule has 0 saturated heterocycles. The lowest BCUT2D eigenvalue weighted by molar-refractivity contribution is 0.609. The molecule has 6 heteroatoms. The van der Waals surface area contributed by atoms with Crippen LogP contribution < -0.4 is 0 Å². The van der Waals surface area contributed by atoms with Crippen molar-refractivity contribution >= 4 is 42.9 Å². The van der Waals surface area contributed by atoms with Crippen molar-refractivity contribution in [3.05, 3.63) is 52.5 Å². The van der Waals surface area contributed by atoms with E-state index in [1.165, 1.54) is 12.1 Å². The molecule has 0 fully saturated rings. The Bertz CT molecular complexity index is 676. The Morgan fingerprint density at radius 3 is 2.00 bits per heavy atom. The van der Waals surface area contributed by atoms with Gasteiger partial charge in [-0.15, -0.1) is 0 Å². The summed E-state index contributed by atoms with van der Waals surface area (Å²) in [6.45, 7) is 0. The van der Waals surface area contributed by atoms with Crippen LogP contribution in [0.2, 0.25) is 10.0 Å². The molecule has 0 aliphatic rings. The molecule has 0 heterocycles. The van der Waals surface area contributed by atoms with Crippen molar-refractivity contribution in [1.29, 1.82) is 0 Å². The van der Waals surface area contributed by atoms with E-state index in [0.717, 1.165) is 5.56 Å². The van der Waals surface area contributed by atoms with Crippen molar-refractivity contribution in [2.45, 2.75) is 4.90 Å². The first-order valence-electron chi connectivity index (χ1n) is 4.87. The number of benzene rings is 2. The van der Waals surface area contributed by atoms with Gasteiger partial charge in [-0.3, -0.25) is 0 Å². The van der Waals surface area contributed by atoms with Crippen molar-refractivity contribution in [3.8, 4) is 11.1 Å². The van der Waals surface area contributed by atoms with Crippen molar-refractivity contribution in [2.24, 2.45) is 0 Å². The third kappa shape index (κ3) is 3.18. The lowest BCUT2D eigenvalue weighted by atomic mass is 10.1. The second-order valence-electron chi connectivity index (χ2n) is 3.62. The van der Waals surface area contributed by atoms with E-state index in [1.807, 2.05) is 0 Å². The topological polar surface area (TPSA) is 34.1 Å². The molecule has 0 saturated carbocycles. The van der Waals surface area contributed by atoms with Gasteiger partial charge in [0.05, 0.1) is 4.90 Å². The highest BCUT2D eigenvalue weighted by Crippen LogP contribution is 2.29. The highest BCUT2D eigenvalue weighted by Gasteiger charge is 2.11. The van der Waals surface area contributed by atoms with E-state index in [2.05, 4.69) is 0 Å². The summed E-state index contributed by atoms with van der Waals surface area (Å²) in [5.41, 5.74) is 1.41. The summed E-state index contributed by atoms with van der Waals surface area (Å²) in [6, 6.07) is 11.3. The highest BCUT2D eigenvalue weighted by atomic mass is 35.7. The fourth-order valence-corrected chi connectivity index (χ4v) is 2.87. The van der Waals surface area contributed by atoms with Gasteiger partial charge in [0.25, 0.3) is 9.05 Å². The first-order chi connectivity index (χ1) is 8.36. The smallest absolute Gasteiger partial charge is 0.207 e. The van der Waals surface area contributed by atoms with Crippen molar-refractivity contribution in [3.63, 3.8) is 0 Å². The average molecular weight is 322 g/mol. The van der Waals surface area contributed by atoms with E-state index in [4.69, 9.17) is 33.9 Å². The third-order valence-electron chi connectivity index (χ3n) is 2.31. The normalized spacial score (nSPS) is 11.5. The molecule has 94 valence electrons. The van der Waals surface area contributed by atoms with Crippen LogP contribution in [0.25, 0.3) is 11.1 Å². The Hall–Kier alpha value is -0.740. The highest BCUT2D eigenvalue weighted by molar-refractivity contribution is 8.13. The number of hydrogen-bond donors (Lipinski definition) is 0. The van der Waals surface area contributed by atoms with Crippen molar-refractivity contribution in [1.82, 2.24) is 0 Å². The molecule has 2 nitrogen and oxygen atoms in total. The second-order valence-corrected chi connectivity index (χ2v) is 7.06. The van der Waals surface area contributed by atoms with E-state index in [9.17, 15) is 8.42 Å². The largest absolute Gasteiger partial charge is 0.261 e. The van der Waals surface area contributed by atoms with Crippen LogP contribution in [0.15, 0.2) is 47.4 Å². The Balaban J connectivity index is 2.58. The Kier molecular flexibility index (Phi) is 3.87. The lowest BCUT2D eigenvalue weighted by Crippen LogP contribution is -1.90. The van der Waals surface area contributed by atoms with Gasteiger partial charge in [0.2, 0.25) is 0 Å². The van der Waals surface area contributed by atoms with E-state index >= 15 is 0 Å². The fourth-order valence-electron chi connectivity index (χ4n) is 1.55. The van der Waals surface area contributed by atoms with Crippen molar-refractivity contribution in [2.75, 3.05) is 0 Å². The summed E-state index contributed by atoms with van der Waals surface area (Å²) in [5, 5.41) is 0.966.